The summed E-state index contributed by atoms with van der Waals surface area (Å²) in [6.45, 7) is 4.11. The summed E-state index contributed by atoms with van der Waals surface area (Å²) in [7, 11) is 0. The number of rotatable bonds is 9. The molecule has 0 aromatic heterocycles. The maximum atomic E-state index is 14.0. The third-order valence-electron chi connectivity index (χ3n) is 7.61. The Morgan fingerprint density at radius 2 is 1.57 bits per heavy atom. The van der Waals surface area contributed by atoms with E-state index in [0.29, 0.717) is 45.1 Å². The van der Waals surface area contributed by atoms with Gasteiger partial charge in [0.25, 0.3) is 17.7 Å². The summed E-state index contributed by atoms with van der Waals surface area (Å²) < 4.78 is 68.1. The molecule has 1 saturated heterocycles. The number of amides is 3. The van der Waals surface area contributed by atoms with Crippen molar-refractivity contribution in [3.63, 3.8) is 0 Å². The fourth-order valence-corrected chi connectivity index (χ4v) is 5.24. The van der Waals surface area contributed by atoms with Gasteiger partial charge in [-0.05, 0) is 63.1 Å². The third kappa shape index (κ3) is 6.51. The number of nitrogens with zero attached hydrogens (tertiary/aromatic N) is 4. The fourth-order valence-electron chi connectivity index (χ4n) is 5.24. The number of anilines is 1. The molecule has 222 valence electrons. The van der Waals surface area contributed by atoms with Gasteiger partial charge in [-0.15, -0.1) is 0 Å². The van der Waals surface area contributed by atoms with Crippen molar-refractivity contribution in [2.24, 2.45) is 0 Å². The number of benzene rings is 2. The summed E-state index contributed by atoms with van der Waals surface area (Å²) >= 11 is 0. The van der Waals surface area contributed by atoms with Crippen LogP contribution in [0.25, 0.3) is 0 Å². The number of piperazine rings is 1. The molecule has 7 nitrogen and oxygen atoms in total. The average molecular weight is 589 g/mol. The van der Waals surface area contributed by atoms with Crippen molar-refractivity contribution >= 4 is 23.4 Å². The smallest absolute Gasteiger partial charge is 0.336 e. The van der Waals surface area contributed by atoms with Gasteiger partial charge in [0.15, 0.2) is 0 Å². The standard InChI is InChI=1S/C30H29F5N4O3/c1-19-22(28(41)39(27(19)40)21-11-10-20(18-36)23(17-21)30(33,34)35)7-4-2-3-5-12-37-13-15-38(16-14-37)29(42)26-24(31)8-6-9-25(26)32/h6,8-11,17H,2-5,7,12-16H2,1H3. The Kier molecular flexibility index (Phi) is 9.41. The normalized spacial score (nSPS) is 16.4. The number of imide groups is 1. The maximum absolute atomic E-state index is 14.0. The van der Waals surface area contributed by atoms with Gasteiger partial charge in [0.1, 0.15) is 17.2 Å². The predicted molar refractivity (Wildman–Crippen MR) is 143 cm³/mol. The molecule has 2 aliphatic rings. The summed E-state index contributed by atoms with van der Waals surface area (Å²) in [5, 5.41) is 9.00. The SMILES string of the molecule is CC1=C(CCCCCCN2CCN(C(=O)c3c(F)cccc3F)CC2)C(=O)N(c2ccc(C#N)c(C(F)(F)F)c2)C1=O. The number of nitriles is 1. The number of hydrogen-bond acceptors (Lipinski definition) is 5. The second kappa shape index (κ2) is 12.8. The number of carbonyl (C=O) groups excluding carboxylic acids is 3. The zero-order valence-electron chi connectivity index (χ0n) is 22.9. The van der Waals surface area contributed by atoms with E-state index in [1.54, 1.807) is 0 Å². The van der Waals surface area contributed by atoms with Crippen LogP contribution >= 0.6 is 0 Å². The topological polar surface area (TPSA) is 84.7 Å². The first-order valence-electron chi connectivity index (χ1n) is 13.6. The van der Waals surface area contributed by atoms with Crippen molar-refractivity contribution in [1.82, 2.24) is 9.80 Å². The quantitative estimate of drug-likeness (QED) is 0.221. The summed E-state index contributed by atoms with van der Waals surface area (Å²) in [6.07, 6.45) is -1.46. The Hall–Kier alpha value is -4.11. The predicted octanol–water partition coefficient (Wildman–Crippen LogP) is 5.45. The lowest BCUT2D eigenvalue weighted by atomic mass is 10.0. The van der Waals surface area contributed by atoms with E-state index in [0.717, 1.165) is 55.0 Å². The van der Waals surface area contributed by atoms with Crippen molar-refractivity contribution in [3.8, 4) is 6.07 Å². The molecule has 0 spiro atoms. The molecule has 2 heterocycles. The average Bonchev–Trinajstić information content (AvgIpc) is 3.16. The molecule has 0 aliphatic carbocycles. The van der Waals surface area contributed by atoms with E-state index in [1.165, 1.54) is 24.0 Å². The molecule has 0 N–H and O–H groups in total. The Morgan fingerprint density at radius 1 is 0.929 bits per heavy atom. The van der Waals surface area contributed by atoms with Gasteiger partial charge in [-0.3, -0.25) is 19.3 Å². The molecule has 2 aromatic carbocycles. The van der Waals surface area contributed by atoms with Gasteiger partial charge in [-0.25, -0.2) is 13.7 Å². The van der Waals surface area contributed by atoms with Crippen LogP contribution in [0.15, 0.2) is 47.5 Å². The highest BCUT2D eigenvalue weighted by Gasteiger charge is 2.39. The zero-order valence-corrected chi connectivity index (χ0v) is 22.9. The number of alkyl halides is 3. The Labute approximate surface area is 239 Å². The number of hydrogen-bond donors (Lipinski definition) is 0. The lowest BCUT2D eigenvalue weighted by Gasteiger charge is -2.34. The van der Waals surface area contributed by atoms with Crippen molar-refractivity contribution in [1.29, 1.82) is 5.26 Å². The molecule has 0 saturated carbocycles. The van der Waals surface area contributed by atoms with Crippen LogP contribution in [0, 0.1) is 23.0 Å². The molecule has 1 fully saturated rings. The third-order valence-corrected chi connectivity index (χ3v) is 7.61. The van der Waals surface area contributed by atoms with Crippen LogP contribution in [0.5, 0.6) is 0 Å². The van der Waals surface area contributed by atoms with E-state index in [9.17, 15) is 36.3 Å². The largest absolute Gasteiger partial charge is 0.417 e. The minimum absolute atomic E-state index is 0.195. The summed E-state index contributed by atoms with van der Waals surface area (Å²) in [6, 6.07) is 7.57. The van der Waals surface area contributed by atoms with E-state index in [2.05, 4.69) is 4.90 Å². The second-order valence-corrected chi connectivity index (χ2v) is 10.3. The first kappa shape index (κ1) is 30.8. The van der Waals surface area contributed by atoms with Gasteiger partial charge in [-0.1, -0.05) is 18.9 Å². The van der Waals surface area contributed by atoms with Crippen LogP contribution in [0.1, 0.15) is 60.5 Å². The summed E-state index contributed by atoms with van der Waals surface area (Å²) in [4.78, 5) is 42.7. The molecule has 3 amide bonds. The molecule has 4 rings (SSSR count). The Bertz CT molecular complexity index is 1440. The van der Waals surface area contributed by atoms with Crippen LogP contribution in [0.4, 0.5) is 27.6 Å². The highest BCUT2D eigenvalue weighted by molar-refractivity contribution is 6.32. The van der Waals surface area contributed by atoms with Crippen LogP contribution < -0.4 is 4.90 Å². The first-order valence-corrected chi connectivity index (χ1v) is 13.6. The van der Waals surface area contributed by atoms with Crippen LogP contribution in [0.3, 0.4) is 0 Å². The van der Waals surface area contributed by atoms with Crippen LogP contribution in [-0.2, 0) is 15.8 Å². The molecular formula is C30H29F5N4O3. The molecule has 42 heavy (non-hydrogen) atoms. The van der Waals surface area contributed by atoms with E-state index in [-0.39, 0.29) is 16.8 Å². The van der Waals surface area contributed by atoms with Crippen molar-refractivity contribution in [3.05, 3.63) is 75.9 Å². The van der Waals surface area contributed by atoms with E-state index >= 15 is 0 Å². The zero-order chi connectivity index (χ0) is 30.6. The monoisotopic (exact) mass is 588 g/mol. The summed E-state index contributed by atoms with van der Waals surface area (Å²) in [5.74, 6) is -3.75. The van der Waals surface area contributed by atoms with Crippen LogP contribution in [0.2, 0.25) is 0 Å². The molecule has 2 aromatic rings. The number of unbranched alkanes of at least 4 members (excludes halogenated alkanes) is 3. The molecule has 0 bridgehead atoms. The minimum atomic E-state index is -4.82. The lowest BCUT2D eigenvalue weighted by molar-refractivity contribution is -0.138. The highest BCUT2D eigenvalue weighted by atomic mass is 19.4. The Morgan fingerprint density at radius 3 is 2.19 bits per heavy atom. The second-order valence-electron chi connectivity index (χ2n) is 10.3. The van der Waals surface area contributed by atoms with E-state index in [4.69, 9.17) is 5.26 Å². The molecule has 0 atom stereocenters. The molecule has 12 heteroatoms. The fraction of sp³-hybridized carbons (Fsp3) is 0.400. The lowest BCUT2D eigenvalue weighted by Crippen LogP contribution is -2.49. The molecular weight excluding hydrogens is 559 g/mol. The van der Waals surface area contributed by atoms with Crippen molar-refractivity contribution in [2.75, 3.05) is 37.6 Å². The summed E-state index contributed by atoms with van der Waals surface area (Å²) in [5.41, 5.74) is -2.10. The van der Waals surface area contributed by atoms with E-state index < -0.39 is 52.2 Å². The Balaban J connectivity index is 1.21. The first-order chi connectivity index (χ1) is 19.9. The molecule has 0 unspecified atom stereocenters. The van der Waals surface area contributed by atoms with Gasteiger partial charge in [-0.2, -0.15) is 18.4 Å². The maximum Gasteiger partial charge on any atom is 0.417 e. The molecule has 2 aliphatic heterocycles. The molecule has 0 radical (unpaired) electrons. The van der Waals surface area contributed by atoms with Crippen molar-refractivity contribution in [2.45, 2.75) is 45.2 Å². The van der Waals surface area contributed by atoms with Gasteiger partial charge in [0.05, 0.1) is 22.9 Å². The van der Waals surface area contributed by atoms with Gasteiger partial charge in [0.2, 0.25) is 0 Å². The number of carbonyl (C=O) groups is 3. The van der Waals surface area contributed by atoms with Gasteiger partial charge < -0.3 is 4.90 Å². The van der Waals surface area contributed by atoms with Crippen molar-refractivity contribution < 1.29 is 36.3 Å². The minimum Gasteiger partial charge on any atom is -0.336 e. The van der Waals surface area contributed by atoms with E-state index in [1.807, 2.05) is 0 Å². The van der Waals surface area contributed by atoms with Gasteiger partial charge in [0, 0.05) is 37.3 Å². The highest BCUT2D eigenvalue weighted by Crippen LogP contribution is 2.37. The number of halogens is 5. The van der Waals surface area contributed by atoms with Gasteiger partial charge >= 0.3 is 6.18 Å². The van der Waals surface area contributed by atoms with Crippen LogP contribution in [-0.4, -0.2) is 60.2 Å².